The van der Waals surface area contributed by atoms with E-state index < -0.39 is 0 Å². The predicted octanol–water partition coefficient (Wildman–Crippen LogP) is 2.50. The highest BCUT2D eigenvalue weighted by molar-refractivity contribution is 5.92. The van der Waals surface area contributed by atoms with Gasteiger partial charge in [-0.25, -0.2) is 4.98 Å². The van der Waals surface area contributed by atoms with Crippen LogP contribution in [0, 0.1) is 6.92 Å². The molecule has 1 aromatic carbocycles. The third-order valence-corrected chi connectivity index (χ3v) is 4.82. The molecule has 1 fully saturated rings. The first-order valence-electron chi connectivity index (χ1n) is 9.21. The lowest BCUT2D eigenvalue weighted by Gasteiger charge is -2.38. The summed E-state index contributed by atoms with van der Waals surface area (Å²) < 4.78 is 7.50. The number of likely N-dealkylation sites (tertiary alicyclic amines) is 1. The van der Waals surface area contributed by atoms with Crippen LogP contribution in [0.1, 0.15) is 12.5 Å². The number of fused-ring (bicyclic) bond motifs is 1. The highest BCUT2D eigenvalue weighted by Gasteiger charge is 2.29. The zero-order valence-corrected chi connectivity index (χ0v) is 15.9. The molecule has 1 saturated heterocycles. The molecule has 2 aromatic heterocycles. The number of nitrogens with one attached hydrogen (secondary N) is 1. The summed E-state index contributed by atoms with van der Waals surface area (Å²) in [5.41, 5.74) is 4.64. The van der Waals surface area contributed by atoms with Crippen LogP contribution in [-0.2, 0) is 14.3 Å². The van der Waals surface area contributed by atoms with Crippen LogP contribution < -0.4 is 5.32 Å². The molecular weight excluding hydrogens is 356 g/mol. The van der Waals surface area contributed by atoms with Crippen LogP contribution in [-0.4, -0.2) is 51.9 Å². The van der Waals surface area contributed by atoms with Crippen LogP contribution in [0.3, 0.4) is 0 Å². The maximum Gasteiger partial charge on any atom is 0.250 e. The predicted molar refractivity (Wildman–Crippen MR) is 106 cm³/mol. The first-order chi connectivity index (χ1) is 13.5. The summed E-state index contributed by atoms with van der Waals surface area (Å²) >= 11 is 0. The molecule has 2 amide bonds. The lowest BCUT2D eigenvalue weighted by molar-refractivity contribution is -0.144. The average Bonchev–Trinajstić information content (AvgIpc) is 3.03. The summed E-state index contributed by atoms with van der Waals surface area (Å²) in [6, 6.07) is 11.6. The number of aromatic nitrogens is 2. The molecule has 0 atom stereocenters. The molecular formula is C21H22N4O3. The van der Waals surface area contributed by atoms with Gasteiger partial charge in [0.15, 0.2) is 0 Å². The number of aryl methyl sites for hydroxylation is 1. The minimum absolute atomic E-state index is 0.0239. The number of rotatable bonds is 5. The van der Waals surface area contributed by atoms with E-state index in [-0.39, 0.29) is 24.5 Å². The third-order valence-electron chi connectivity index (χ3n) is 4.82. The molecule has 4 rings (SSSR count). The van der Waals surface area contributed by atoms with Gasteiger partial charge in [-0.15, -0.1) is 0 Å². The Hall–Kier alpha value is -3.19. The van der Waals surface area contributed by atoms with Crippen molar-refractivity contribution in [1.29, 1.82) is 0 Å². The molecule has 7 heteroatoms. The number of ether oxygens (including phenoxy) is 1. The first kappa shape index (κ1) is 18.2. The van der Waals surface area contributed by atoms with Crippen molar-refractivity contribution in [1.82, 2.24) is 14.3 Å². The standard InChI is InChI=1S/C21H22N4O3/c1-14-7-8-24-12-19(23-20(24)9-14)16-3-5-17(6-4-16)22-21(27)13-28-18-10-25(11-18)15(2)26/h3-9,12,18H,10-11,13H2,1-2H3,(H,22,27). The van der Waals surface area contributed by atoms with Gasteiger partial charge in [-0.05, 0) is 36.8 Å². The summed E-state index contributed by atoms with van der Waals surface area (Å²) in [6.07, 6.45) is 3.92. The maximum atomic E-state index is 12.0. The number of hydrogen-bond donors (Lipinski definition) is 1. The molecule has 0 radical (unpaired) electrons. The molecule has 0 bridgehead atoms. The van der Waals surface area contributed by atoms with Gasteiger partial charge in [0, 0.05) is 43.7 Å². The number of carbonyl (C=O) groups is 2. The average molecular weight is 378 g/mol. The number of pyridine rings is 1. The van der Waals surface area contributed by atoms with E-state index in [4.69, 9.17) is 4.74 Å². The van der Waals surface area contributed by atoms with Crippen molar-refractivity contribution in [3.8, 4) is 11.3 Å². The van der Waals surface area contributed by atoms with Crippen molar-refractivity contribution in [2.45, 2.75) is 20.0 Å². The molecule has 1 aliphatic heterocycles. The van der Waals surface area contributed by atoms with Crippen LogP contribution in [0.5, 0.6) is 0 Å². The molecule has 0 aliphatic carbocycles. The van der Waals surface area contributed by atoms with Crippen LogP contribution in [0.25, 0.3) is 16.9 Å². The quantitative estimate of drug-likeness (QED) is 0.740. The molecule has 0 unspecified atom stereocenters. The highest BCUT2D eigenvalue weighted by atomic mass is 16.5. The van der Waals surface area contributed by atoms with Gasteiger partial charge in [0.1, 0.15) is 12.3 Å². The SMILES string of the molecule is CC(=O)N1CC(OCC(=O)Nc2ccc(-c3cn4ccc(C)cc4n3)cc2)C1. The molecule has 3 heterocycles. The van der Waals surface area contributed by atoms with Crippen LogP contribution in [0.2, 0.25) is 0 Å². The van der Waals surface area contributed by atoms with E-state index in [0.717, 1.165) is 16.9 Å². The Bertz CT molecular complexity index is 1020. The fourth-order valence-corrected chi connectivity index (χ4v) is 3.14. The lowest BCUT2D eigenvalue weighted by Crippen LogP contribution is -2.54. The van der Waals surface area contributed by atoms with E-state index in [1.807, 2.05) is 60.1 Å². The van der Waals surface area contributed by atoms with E-state index in [0.29, 0.717) is 18.8 Å². The van der Waals surface area contributed by atoms with E-state index in [9.17, 15) is 9.59 Å². The van der Waals surface area contributed by atoms with Gasteiger partial charge in [0.25, 0.3) is 0 Å². The lowest BCUT2D eigenvalue weighted by atomic mass is 10.1. The Balaban J connectivity index is 1.32. The normalized spacial score (nSPS) is 14.1. The minimum Gasteiger partial charge on any atom is -0.365 e. The second-order valence-electron chi connectivity index (χ2n) is 7.08. The Labute approximate surface area is 162 Å². The zero-order valence-electron chi connectivity index (χ0n) is 15.9. The number of benzene rings is 1. The van der Waals surface area contributed by atoms with Crippen molar-refractivity contribution in [2.24, 2.45) is 0 Å². The number of hydrogen-bond acceptors (Lipinski definition) is 4. The molecule has 28 heavy (non-hydrogen) atoms. The van der Waals surface area contributed by atoms with Crippen LogP contribution in [0.4, 0.5) is 5.69 Å². The number of amides is 2. The number of imidazole rings is 1. The van der Waals surface area contributed by atoms with E-state index in [2.05, 4.69) is 10.3 Å². The number of anilines is 1. The minimum atomic E-state index is -0.211. The van der Waals surface area contributed by atoms with Gasteiger partial charge in [0.05, 0.1) is 11.8 Å². The number of carbonyl (C=O) groups excluding carboxylic acids is 2. The topological polar surface area (TPSA) is 75.9 Å². The Morgan fingerprint density at radius 1 is 1.21 bits per heavy atom. The monoisotopic (exact) mass is 378 g/mol. The van der Waals surface area contributed by atoms with Crippen molar-refractivity contribution in [2.75, 3.05) is 25.0 Å². The Morgan fingerprint density at radius 3 is 2.68 bits per heavy atom. The molecule has 3 aromatic rings. The van der Waals surface area contributed by atoms with Crippen molar-refractivity contribution in [3.05, 3.63) is 54.4 Å². The summed E-state index contributed by atoms with van der Waals surface area (Å²) in [6.45, 7) is 4.65. The van der Waals surface area contributed by atoms with Crippen LogP contribution in [0.15, 0.2) is 48.8 Å². The van der Waals surface area contributed by atoms with Gasteiger partial charge in [0.2, 0.25) is 11.8 Å². The third kappa shape index (κ3) is 3.89. The van der Waals surface area contributed by atoms with Crippen molar-refractivity contribution in [3.63, 3.8) is 0 Å². The molecule has 7 nitrogen and oxygen atoms in total. The van der Waals surface area contributed by atoms with Gasteiger partial charge in [-0.2, -0.15) is 0 Å². The van der Waals surface area contributed by atoms with Crippen molar-refractivity contribution < 1.29 is 14.3 Å². The molecule has 144 valence electrons. The Morgan fingerprint density at radius 2 is 1.96 bits per heavy atom. The highest BCUT2D eigenvalue weighted by Crippen LogP contribution is 2.22. The second-order valence-corrected chi connectivity index (χ2v) is 7.08. The first-order valence-corrected chi connectivity index (χ1v) is 9.21. The van der Waals surface area contributed by atoms with Crippen molar-refractivity contribution >= 4 is 23.1 Å². The van der Waals surface area contributed by atoms with Gasteiger partial charge >= 0.3 is 0 Å². The van der Waals surface area contributed by atoms with Gasteiger partial charge in [-0.3, -0.25) is 9.59 Å². The smallest absolute Gasteiger partial charge is 0.250 e. The molecule has 0 spiro atoms. The summed E-state index contributed by atoms with van der Waals surface area (Å²) in [5.74, 6) is -0.178. The number of nitrogens with zero attached hydrogens (tertiary/aromatic N) is 3. The molecule has 1 aliphatic rings. The fourth-order valence-electron chi connectivity index (χ4n) is 3.14. The van der Waals surface area contributed by atoms with Gasteiger partial charge < -0.3 is 19.4 Å². The summed E-state index contributed by atoms with van der Waals surface area (Å²) in [5, 5.41) is 2.82. The fraction of sp³-hybridized carbons (Fsp3) is 0.286. The summed E-state index contributed by atoms with van der Waals surface area (Å²) in [7, 11) is 0. The summed E-state index contributed by atoms with van der Waals surface area (Å²) in [4.78, 5) is 29.5. The largest absolute Gasteiger partial charge is 0.365 e. The second kappa shape index (κ2) is 7.44. The zero-order chi connectivity index (χ0) is 19.7. The maximum absolute atomic E-state index is 12.0. The molecule has 0 saturated carbocycles. The van der Waals surface area contributed by atoms with E-state index in [1.165, 1.54) is 12.5 Å². The van der Waals surface area contributed by atoms with E-state index >= 15 is 0 Å². The van der Waals surface area contributed by atoms with Gasteiger partial charge in [-0.1, -0.05) is 12.1 Å². The van der Waals surface area contributed by atoms with E-state index in [1.54, 1.807) is 4.90 Å². The van der Waals surface area contributed by atoms with Crippen LogP contribution >= 0.6 is 0 Å². The Kier molecular flexibility index (Phi) is 4.83. The molecule has 1 N–H and O–H groups in total.